The Bertz CT molecular complexity index is 1210. The first kappa shape index (κ1) is 22.7. The Morgan fingerprint density at radius 1 is 1.09 bits per heavy atom. The minimum Gasteiger partial charge on any atom is -0.367 e. The number of alkyl halides is 3. The van der Waals surface area contributed by atoms with E-state index in [2.05, 4.69) is 25.0 Å². The SMILES string of the molecule is O=S(=O)(NCCNc1nc(Cl)nc2c1ncn2C1CCCC1)c1ccc(C(F)(F)F)cc1. The molecule has 13 heteroatoms. The van der Waals surface area contributed by atoms with Crippen molar-refractivity contribution in [1.29, 1.82) is 0 Å². The molecule has 0 radical (unpaired) electrons. The molecule has 1 saturated carbocycles. The van der Waals surface area contributed by atoms with Crippen LogP contribution in [0.5, 0.6) is 0 Å². The van der Waals surface area contributed by atoms with E-state index in [9.17, 15) is 21.6 Å². The average Bonchev–Trinajstić information content (AvgIpc) is 3.40. The fraction of sp³-hybridized carbons (Fsp3) is 0.421. The van der Waals surface area contributed by atoms with Crippen LogP contribution in [0.3, 0.4) is 0 Å². The molecule has 8 nitrogen and oxygen atoms in total. The third-order valence-corrected chi connectivity index (χ3v) is 6.96. The lowest BCUT2D eigenvalue weighted by molar-refractivity contribution is -0.137. The summed E-state index contributed by atoms with van der Waals surface area (Å²) in [7, 11) is -3.97. The highest BCUT2D eigenvalue weighted by atomic mass is 35.5. The molecule has 0 bridgehead atoms. The van der Waals surface area contributed by atoms with E-state index in [1.807, 2.05) is 4.57 Å². The van der Waals surface area contributed by atoms with E-state index in [4.69, 9.17) is 11.6 Å². The maximum Gasteiger partial charge on any atom is 0.416 e. The van der Waals surface area contributed by atoms with Gasteiger partial charge in [0.15, 0.2) is 17.0 Å². The summed E-state index contributed by atoms with van der Waals surface area (Å²) < 4.78 is 67.0. The smallest absolute Gasteiger partial charge is 0.367 e. The van der Waals surface area contributed by atoms with Crippen LogP contribution in [0.15, 0.2) is 35.5 Å². The molecule has 1 aliphatic carbocycles. The van der Waals surface area contributed by atoms with Gasteiger partial charge in [-0.3, -0.25) is 0 Å². The number of halogens is 4. The Morgan fingerprint density at radius 2 is 1.78 bits per heavy atom. The first-order valence-electron chi connectivity index (χ1n) is 9.96. The highest BCUT2D eigenvalue weighted by Crippen LogP contribution is 2.33. The summed E-state index contributed by atoms with van der Waals surface area (Å²) in [5.74, 6) is 0.380. The highest BCUT2D eigenvalue weighted by molar-refractivity contribution is 7.89. The van der Waals surface area contributed by atoms with Crippen LogP contribution in [0.1, 0.15) is 37.3 Å². The lowest BCUT2D eigenvalue weighted by atomic mass is 10.2. The second-order valence-corrected chi connectivity index (χ2v) is 9.56. The number of hydrogen-bond acceptors (Lipinski definition) is 6. The zero-order chi connectivity index (χ0) is 22.9. The van der Waals surface area contributed by atoms with Crippen molar-refractivity contribution in [1.82, 2.24) is 24.2 Å². The van der Waals surface area contributed by atoms with Crippen molar-refractivity contribution >= 4 is 38.6 Å². The summed E-state index contributed by atoms with van der Waals surface area (Å²) in [5.41, 5.74) is 0.233. The summed E-state index contributed by atoms with van der Waals surface area (Å²) >= 11 is 6.07. The number of benzene rings is 1. The molecule has 2 aromatic heterocycles. The summed E-state index contributed by atoms with van der Waals surface area (Å²) in [6.45, 7) is 0.119. The Balaban J connectivity index is 1.41. The van der Waals surface area contributed by atoms with E-state index in [-0.39, 0.29) is 23.3 Å². The number of aromatic nitrogens is 4. The van der Waals surface area contributed by atoms with Crippen molar-refractivity contribution in [3.63, 3.8) is 0 Å². The molecule has 2 N–H and O–H groups in total. The molecule has 0 unspecified atom stereocenters. The molecule has 4 rings (SSSR count). The number of imidazole rings is 1. The van der Waals surface area contributed by atoms with Crippen LogP contribution in [-0.2, 0) is 16.2 Å². The number of rotatable bonds is 7. The second-order valence-electron chi connectivity index (χ2n) is 7.45. The molecule has 0 saturated heterocycles. The van der Waals surface area contributed by atoms with Gasteiger partial charge in [-0.15, -0.1) is 0 Å². The molecule has 0 atom stereocenters. The van der Waals surface area contributed by atoms with Gasteiger partial charge in [0.1, 0.15) is 0 Å². The Kier molecular flexibility index (Phi) is 6.28. The van der Waals surface area contributed by atoms with E-state index in [1.54, 1.807) is 6.33 Å². The zero-order valence-corrected chi connectivity index (χ0v) is 18.3. The summed E-state index contributed by atoms with van der Waals surface area (Å²) in [5, 5.41) is 3.04. The quantitative estimate of drug-likeness (QED) is 0.385. The maximum atomic E-state index is 12.7. The van der Waals surface area contributed by atoms with Crippen molar-refractivity contribution in [3.05, 3.63) is 41.4 Å². The molecule has 1 aromatic carbocycles. The molecule has 3 aromatic rings. The van der Waals surface area contributed by atoms with Crippen molar-refractivity contribution in [2.75, 3.05) is 18.4 Å². The zero-order valence-electron chi connectivity index (χ0n) is 16.7. The molecule has 0 spiro atoms. The molecule has 172 valence electrons. The van der Waals surface area contributed by atoms with Crippen LogP contribution in [0.2, 0.25) is 5.28 Å². The number of fused-ring (bicyclic) bond motifs is 1. The van der Waals surface area contributed by atoms with Gasteiger partial charge < -0.3 is 9.88 Å². The van der Waals surface area contributed by atoms with E-state index in [0.717, 1.165) is 49.9 Å². The second kappa shape index (κ2) is 8.83. The largest absolute Gasteiger partial charge is 0.416 e. The van der Waals surface area contributed by atoms with Gasteiger partial charge in [0.05, 0.1) is 16.8 Å². The van der Waals surface area contributed by atoms with E-state index >= 15 is 0 Å². The number of nitrogens with one attached hydrogen (secondary N) is 2. The highest BCUT2D eigenvalue weighted by Gasteiger charge is 2.30. The van der Waals surface area contributed by atoms with Gasteiger partial charge in [-0.25, -0.2) is 18.1 Å². The molecule has 0 amide bonds. The molecule has 1 aliphatic rings. The molecule has 0 aliphatic heterocycles. The van der Waals surface area contributed by atoms with Crippen LogP contribution >= 0.6 is 11.6 Å². The van der Waals surface area contributed by atoms with Crippen molar-refractivity contribution in [3.8, 4) is 0 Å². The van der Waals surface area contributed by atoms with E-state index in [1.165, 1.54) is 0 Å². The first-order chi connectivity index (χ1) is 15.1. The number of nitrogens with zero attached hydrogens (tertiary/aromatic N) is 4. The molecular formula is C19H20ClF3N6O2S. The van der Waals surface area contributed by atoms with Gasteiger partial charge in [-0.1, -0.05) is 12.8 Å². The Labute approximate surface area is 187 Å². The van der Waals surface area contributed by atoms with Crippen molar-refractivity contribution < 1.29 is 21.6 Å². The maximum absolute atomic E-state index is 12.7. The predicted octanol–water partition coefficient (Wildman–Crippen LogP) is 4.00. The van der Waals surface area contributed by atoms with Crippen molar-refractivity contribution in [2.45, 2.75) is 42.8 Å². The van der Waals surface area contributed by atoms with Gasteiger partial charge >= 0.3 is 6.18 Å². The van der Waals surface area contributed by atoms with Gasteiger partial charge in [0.25, 0.3) is 0 Å². The fourth-order valence-corrected chi connectivity index (χ4v) is 4.93. The normalized spacial score (nSPS) is 15.5. The van der Waals surface area contributed by atoms with E-state index in [0.29, 0.717) is 23.0 Å². The Hall–Kier alpha value is -2.44. The minimum atomic E-state index is -4.53. The minimum absolute atomic E-state index is 0.0319. The molecule has 2 heterocycles. The third kappa shape index (κ3) is 4.81. The average molecular weight is 489 g/mol. The number of anilines is 1. The van der Waals surface area contributed by atoms with Crippen LogP contribution in [0.4, 0.5) is 19.0 Å². The molecule has 32 heavy (non-hydrogen) atoms. The van der Waals surface area contributed by atoms with E-state index < -0.39 is 21.8 Å². The lowest BCUT2D eigenvalue weighted by Gasteiger charge is -2.12. The van der Waals surface area contributed by atoms with Gasteiger partial charge in [0, 0.05) is 19.1 Å². The molecular weight excluding hydrogens is 469 g/mol. The lowest BCUT2D eigenvalue weighted by Crippen LogP contribution is -2.29. The van der Waals surface area contributed by atoms with Crippen LogP contribution in [-0.4, -0.2) is 41.0 Å². The van der Waals surface area contributed by atoms with Crippen LogP contribution < -0.4 is 10.0 Å². The van der Waals surface area contributed by atoms with Gasteiger partial charge in [-0.2, -0.15) is 23.1 Å². The number of sulfonamides is 1. The summed E-state index contributed by atoms with van der Waals surface area (Å²) in [6.07, 6.45) is 1.56. The fourth-order valence-electron chi connectivity index (χ4n) is 3.74. The topological polar surface area (TPSA) is 102 Å². The van der Waals surface area contributed by atoms with Crippen LogP contribution in [0.25, 0.3) is 11.2 Å². The summed E-state index contributed by atoms with van der Waals surface area (Å²) in [4.78, 5) is 12.6. The summed E-state index contributed by atoms with van der Waals surface area (Å²) in [6, 6.07) is 3.61. The monoisotopic (exact) mass is 488 g/mol. The molecule has 1 fully saturated rings. The van der Waals surface area contributed by atoms with Gasteiger partial charge in [-0.05, 0) is 48.7 Å². The van der Waals surface area contributed by atoms with Gasteiger partial charge in [0.2, 0.25) is 15.3 Å². The number of hydrogen-bond donors (Lipinski definition) is 2. The van der Waals surface area contributed by atoms with Crippen LogP contribution in [0, 0.1) is 0 Å². The first-order valence-corrected chi connectivity index (χ1v) is 11.8. The standard InChI is InChI=1S/C19H20ClF3N6O2S/c20-18-27-16(15-17(28-18)29(11-25-15)13-3-1-2-4-13)24-9-10-26-32(30,31)14-7-5-12(6-8-14)19(21,22)23/h5-8,11,13,26H,1-4,9-10H2,(H,24,27,28). The third-order valence-electron chi connectivity index (χ3n) is 5.31. The predicted molar refractivity (Wildman–Crippen MR) is 113 cm³/mol. The van der Waals surface area contributed by atoms with Crippen molar-refractivity contribution in [2.24, 2.45) is 0 Å². The Morgan fingerprint density at radius 3 is 2.44 bits per heavy atom.